The van der Waals surface area contributed by atoms with Crippen molar-refractivity contribution in [1.29, 1.82) is 0 Å². The minimum absolute atomic E-state index is 0.142. The van der Waals surface area contributed by atoms with E-state index in [1.165, 1.54) is 23.6 Å². The Balaban J connectivity index is 0.000000188. The van der Waals surface area contributed by atoms with Crippen LogP contribution >= 0.6 is 0 Å². The summed E-state index contributed by atoms with van der Waals surface area (Å²) in [6.07, 6.45) is 3.86. The predicted octanol–water partition coefficient (Wildman–Crippen LogP) is 4.04. The number of nitrogens with one attached hydrogen (secondary N) is 1. The Morgan fingerprint density at radius 2 is 1.84 bits per heavy atom. The summed E-state index contributed by atoms with van der Waals surface area (Å²) in [7, 11) is 0. The third-order valence-electron chi connectivity index (χ3n) is 5.59. The number of nitrogens with two attached hydrogens (primary N) is 2. The maximum absolute atomic E-state index is 10.6. The molecule has 6 nitrogen and oxygen atoms in total. The number of rotatable bonds is 5. The average molecular weight is 434 g/mol. The highest BCUT2D eigenvalue weighted by molar-refractivity contribution is 5.74. The molecule has 1 aliphatic heterocycles. The molecule has 0 bridgehead atoms. The van der Waals surface area contributed by atoms with Crippen molar-refractivity contribution in [2.45, 2.75) is 39.0 Å². The first kappa shape index (κ1) is 23.0. The standard InChI is InChI=1S/C16H17NO.C10H14N2O2/c18-16-11-15-13(7-4-8-17-15)10-14(16)9-12-5-2-1-3-6-12;1-6-4-7(13)5-9(11)8(6)2-3-10(12)14/h1-3,5-6,10-11,17-18H,4,7-9H2;4-5,13H,2-3,11H2,1H3,(H2,12,14). The lowest BCUT2D eigenvalue weighted by atomic mass is 9.96. The van der Waals surface area contributed by atoms with Crippen LogP contribution in [0.4, 0.5) is 11.4 Å². The van der Waals surface area contributed by atoms with Crippen molar-refractivity contribution in [2.24, 2.45) is 5.73 Å². The van der Waals surface area contributed by atoms with Crippen LogP contribution in [0.25, 0.3) is 0 Å². The van der Waals surface area contributed by atoms with E-state index in [2.05, 4.69) is 23.5 Å². The normalized spacial score (nSPS) is 12.2. The van der Waals surface area contributed by atoms with Gasteiger partial charge >= 0.3 is 0 Å². The summed E-state index contributed by atoms with van der Waals surface area (Å²) in [5.74, 6) is 0.187. The maximum Gasteiger partial charge on any atom is 0.217 e. The zero-order valence-corrected chi connectivity index (χ0v) is 18.4. The molecule has 0 aromatic heterocycles. The fourth-order valence-electron chi connectivity index (χ4n) is 3.93. The van der Waals surface area contributed by atoms with Crippen LogP contribution in [0, 0.1) is 6.92 Å². The molecule has 0 fully saturated rings. The van der Waals surface area contributed by atoms with E-state index < -0.39 is 0 Å². The van der Waals surface area contributed by atoms with Gasteiger partial charge in [0.1, 0.15) is 11.5 Å². The number of anilines is 2. The van der Waals surface area contributed by atoms with Gasteiger partial charge in [0.2, 0.25) is 5.91 Å². The summed E-state index contributed by atoms with van der Waals surface area (Å²) in [6.45, 7) is 2.84. The first-order valence-electron chi connectivity index (χ1n) is 10.8. The SMILES string of the molecule is Cc1cc(O)cc(N)c1CCC(N)=O.Oc1cc2c(cc1Cc1ccccc1)CCCN2. The van der Waals surface area contributed by atoms with Gasteiger partial charge in [0.05, 0.1) is 0 Å². The maximum atomic E-state index is 10.6. The minimum Gasteiger partial charge on any atom is -0.508 e. The zero-order valence-electron chi connectivity index (χ0n) is 18.4. The second-order valence-corrected chi connectivity index (χ2v) is 8.13. The van der Waals surface area contributed by atoms with E-state index in [-0.39, 0.29) is 18.1 Å². The van der Waals surface area contributed by atoms with E-state index in [1.807, 2.05) is 31.2 Å². The Kier molecular flexibility index (Phi) is 7.60. The topological polar surface area (TPSA) is 122 Å². The number of hydrogen-bond donors (Lipinski definition) is 5. The number of aromatic hydroxyl groups is 2. The summed E-state index contributed by atoms with van der Waals surface area (Å²) >= 11 is 0. The summed E-state index contributed by atoms with van der Waals surface area (Å²) in [5, 5.41) is 22.6. The van der Waals surface area contributed by atoms with Gasteiger partial charge in [-0.3, -0.25) is 4.79 Å². The number of primary amides is 1. The van der Waals surface area contributed by atoms with Crippen molar-refractivity contribution in [2.75, 3.05) is 17.6 Å². The molecule has 0 unspecified atom stereocenters. The van der Waals surface area contributed by atoms with Crippen molar-refractivity contribution in [1.82, 2.24) is 0 Å². The molecule has 32 heavy (non-hydrogen) atoms. The largest absolute Gasteiger partial charge is 0.508 e. The Morgan fingerprint density at radius 3 is 2.53 bits per heavy atom. The van der Waals surface area contributed by atoms with Gasteiger partial charge in [0.25, 0.3) is 0 Å². The van der Waals surface area contributed by atoms with Gasteiger partial charge < -0.3 is 27.0 Å². The monoisotopic (exact) mass is 433 g/mol. The molecule has 3 aromatic carbocycles. The van der Waals surface area contributed by atoms with Crippen LogP contribution in [0.15, 0.2) is 54.6 Å². The van der Waals surface area contributed by atoms with Crippen LogP contribution in [0.5, 0.6) is 11.5 Å². The lowest BCUT2D eigenvalue weighted by molar-refractivity contribution is -0.117. The number of hydrogen-bond acceptors (Lipinski definition) is 5. The molecule has 7 N–H and O–H groups in total. The molecule has 168 valence electrons. The van der Waals surface area contributed by atoms with Crippen molar-refractivity contribution < 1.29 is 15.0 Å². The number of fused-ring (bicyclic) bond motifs is 1. The second-order valence-electron chi connectivity index (χ2n) is 8.13. The van der Waals surface area contributed by atoms with E-state index in [0.29, 0.717) is 17.9 Å². The first-order chi connectivity index (χ1) is 15.3. The van der Waals surface area contributed by atoms with Gasteiger partial charge in [0, 0.05) is 42.9 Å². The predicted molar refractivity (Wildman–Crippen MR) is 129 cm³/mol. The molecule has 0 atom stereocenters. The Morgan fingerprint density at radius 1 is 1.09 bits per heavy atom. The van der Waals surface area contributed by atoms with E-state index >= 15 is 0 Å². The molecule has 0 aliphatic carbocycles. The third kappa shape index (κ3) is 6.17. The first-order valence-corrected chi connectivity index (χ1v) is 10.8. The molecule has 0 saturated carbocycles. The Labute approximate surface area is 188 Å². The average Bonchev–Trinajstić information content (AvgIpc) is 2.74. The third-order valence-corrected chi connectivity index (χ3v) is 5.59. The van der Waals surface area contributed by atoms with Gasteiger partial charge in [-0.15, -0.1) is 0 Å². The molecule has 1 amide bonds. The molecule has 0 radical (unpaired) electrons. The fourth-order valence-corrected chi connectivity index (χ4v) is 3.93. The molecular formula is C26H31N3O3. The van der Waals surface area contributed by atoms with E-state index in [0.717, 1.165) is 41.8 Å². The smallest absolute Gasteiger partial charge is 0.217 e. The van der Waals surface area contributed by atoms with Gasteiger partial charge in [-0.2, -0.15) is 0 Å². The highest BCUT2D eigenvalue weighted by Crippen LogP contribution is 2.31. The van der Waals surface area contributed by atoms with Crippen LogP contribution in [-0.2, 0) is 24.1 Å². The number of phenols is 2. The van der Waals surface area contributed by atoms with Crippen molar-refractivity contribution in [3.63, 3.8) is 0 Å². The lowest BCUT2D eigenvalue weighted by Gasteiger charge is -2.19. The highest BCUT2D eigenvalue weighted by Gasteiger charge is 2.13. The van der Waals surface area contributed by atoms with E-state index in [9.17, 15) is 15.0 Å². The van der Waals surface area contributed by atoms with Crippen LogP contribution < -0.4 is 16.8 Å². The van der Waals surface area contributed by atoms with Crippen molar-refractivity contribution in [3.8, 4) is 11.5 Å². The van der Waals surface area contributed by atoms with Gasteiger partial charge in [0.15, 0.2) is 0 Å². The van der Waals surface area contributed by atoms with Crippen molar-refractivity contribution >= 4 is 17.3 Å². The van der Waals surface area contributed by atoms with E-state index in [4.69, 9.17) is 11.5 Å². The fraction of sp³-hybridized carbons (Fsp3) is 0.269. The van der Waals surface area contributed by atoms with E-state index in [1.54, 1.807) is 6.07 Å². The number of benzene rings is 3. The van der Waals surface area contributed by atoms with Crippen LogP contribution in [0.1, 0.15) is 40.7 Å². The van der Waals surface area contributed by atoms with Gasteiger partial charge in [-0.25, -0.2) is 0 Å². The summed E-state index contributed by atoms with van der Waals surface area (Å²) < 4.78 is 0. The molecule has 0 saturated heterocycles. The van der Waals surface area contributed by atoms with Gasteiger partial charge in [-0.1, -0.05) is 30.3 Å². The van der Waals surface area contributed by atoms with Crippen LogP contribution in [-0.4, -0.2) is 22.7 Å². The molecule has 1 aliphatic rings. The number of amides is 1. The number of phenolic OH excluding ortho intramolecular Hbond substituents is 2. The molecule has 6 heteroatoms. The number of carbonyl (C=O) groups excluding carboxylic acids is 1. The highest BCUT2D eigenvalue weighted by atomic mass is 16.3. The number of aryl methyl sites for hydroxylation is 2. The molecular weight excluding hydrogens is 402 g/mol. The second kappa shape index (κ2) is 10.6. The molecule has 1 heterocycles. The van der Waals surface area contributed by atoms with Crippen LogP contribution in [0.3, 0.4) is 0 Å². The summed E-state index contributed by atoms with van der Waals surface area (Å²) in [4.78, 5) is 10.6. The quantitative estimate of drug-likeness (QED) is 0.389. The minimum atomic E-state index is -0.350. The Hall–Kier alpha value is -3.67. The molecule has 4 rings (SSSR count). The molecule has 0 spiro atoms. The van der Waals surface area contributed by atoms with Crippen molar-refractivity contribution in [3.05, 3.63) is 82.4 Å². The summed E-state index contributed by atoms with van der Waals surface area (Å²) in [5.41, 5.74) is 17.7. The number of carbonyl (C=O) groups is 1. The zero-order chi connectivity index (χ0) is 23.1. The lowest BCUT2D eigenvalue weighted by Crippen LogP contribution is -2.12. The van der Waals surface area contributed by atoms with Gasteiger partial charge in [-0.05, 0) is 66.1 Å². The Bertz CT molecular complexity index is 1060. The molecule has 3 aromatic rings. The summed E-state index contributed by atoms with van der Waals surface area (Å²) in [6, 6.07) is 17.4. The van der Waals surface area contributed by atoms with Crippen LogP contribution in [0.2, 0.25) is 0 Å². The number of nitrogen functional groups attached to an aromatic ring is 1.